The lowest BCUT2D eigenvalue weighted by molar-refractivity contribution is -0.126. The average Bonchev–Trinajstić information content (AvgIpc) is 3.54. The van der Waals surface area contributed by atoms with Gasteiger partial charge < -0.3 is 24.9 Å². The molecule has 2 aliphatic rings. The average molecular weight is 547 g/mol. The molecule has 0 aliphatic carbocycles. The number of carbonyl (C=O) groups is 4. The Morgan fingerprint density at radius 3 is 2.66 bits per heavy atom. The summed E-state index contributed by atoms with van der Waals surface area (Å²) in [5.74, 6) is -2.57. The van der Waals surface area contributed by atoms with Gasteiger partial charge >= 0.3 is 0 Å². The molecule has 1 aromatic carbocycles. The molecule has 1 fully saturated rings. The third-order valence-electron chi connectivity index (χ3n) is 7.00. The number of rotatable bonds is 2. The fourth-order valence-electron chi connectivity index (χ4n) is 4.82. The van der Waals surface area contributed by atoms with Crippen LogP contribution in [0.1, 0.15) is 59.6 Å². The Bertz CT molecular complexity index is 1220. The number of halogens is 2. The number of benzene rings is 1. The molecule has 2 atom stereocenters. The summed E-state index contributed by atoms with van der Waals surface area (Å²) in [6.07, 6.45) is 2.11. The highest BCUT2D eigenvalue weighted by Crippen LogP contribution is 2.24. The zero-order chi connectivity index (χ0) is 27.4. The van der Waals surface area contributed by atoms with Crippen LogP contribution in [0.25, 0.3) is 0 Å². The number of fused-ring (bicyclic) bond motifs is 3. The van der Waals surface area contributed by atoms with Crippen LogP contribution in [0.4, 0.5) is 4.39 Å². The minimum absolute atomic E-state index is 0.0172. The summed E-state index contributed by atoms with van der Waals surface area (Å²) in [7, 11) is 0. The first-order chi connectivity index (χ1) is 18.1. The van der Waals surface area contributed by atoms with E-state index in [0.717, 1.165) is 5.56 Å². The highest BCUT2D eigenvalue weighted by atomic mass is 35.5. The molecule has 1 aromatic heterocycles. The highest BCUT2D eigenvalue weighted by Gasteiger charge is 2.37. The largest absolute Gasteiger partial charge is 0.440 e. The van der Waals surface area contributed by atoms with E-state index >= 15 is 0 Å². The van der Waals surface area contributed by atoms with E-state index in [1.54, 1.807) is 6.07 Å². The summed E-state index contributed by atoms with van der Waals surface area (Å²) in [5, 5.41) is 5.82. The number of hydrogen-bond donors (Lipinski definition) is 2. The molecule has 4 rings (SSSR count). The molecule has 11 heteroatoms. The van der Waals surface area contributed by atoms with Gasteiger partial charge in [-0.2, -0.15) is 0 Å². The maximum Gasteiger partial charge on any atom is 0.290 e. The van der Waals surface area contributed by atoms with Crippen molar-refractivity contribution in [3.05, 3.63) is 58.3 Å². The van der Waals surface area contributed by atoms with Gasteiger partial charge in [-0.05, 0) is 73.0 Å². The Kier molecular flexibility index (Phi) is 8.71. The van der Waals surface area contributed by atoms with E-state index in [4.69, 9.17) is 16.0 Å². The maximum absolute atomic E-state index is 14.7. The third kappa shape index (κ3) is 6.35. The van der Waals surface area contributed by atoms with Gasteiger partial charge in [-0.15, -0.1) is 0 Å². The molecule has 0 radical (unpaired) electrons. The zero-order valence-corrected chi connectivity index (χ0v) is 22.2. The van der Waals surface area contributed by atoms with Crippen molar-refractivity contribution < 1.29 is 28.0 Å². The molecule has 0 saturated carbocycles. The Morgan fingerprint density at radius 2 is 1.95 bits per heavy atom. The van der Waals surface area contributed by atoms with E-state index in [9.17, 15) is 23.6 Å². The Hall–Kier alpha value is -3.40. The zero-order valence-electron chi connectivity index (χ0n) is 21.5. The van der Waals surface area contributed by atoms with Crippen molar-refractivity contribution in [3.8, 4) is 0 Å². The molecule has 1 saturated heterocycles. The van der Waals surface area contributed by atoms with Crippen LogP contribution in [-0.2, 0) is 16.0 Å². The number of nitrogens with one attached hydrogen (secondary N) is 2. The van der Waals surface area contributed by atoms with Gasteiger partial charge in [0.05, 0.1) is 5.56 Å². The second-order valence-corrected chi connectivity index (χ2v) is 10.4. The lowest BCUT2D eigenvalue weighted by Gasteiger charge is -2.32. The third-order valence-corrected chi connectivity index (χ3v) is 7.20. The quantitative estimate of drug-likeness (QED) is 0.601. The lowest BCUT2D eigenvalue weighted by atomic mass is 10.0. The topological polar surface area (TPSA) is 112 Å². The molecule has 4 amide bonds. The van der Waals surface area contributed by atoms with Crippen LogP contribution in [0.15, 0.2) is 34.7 Å². The summed E-state index contributed by atoms with van der Waals surface area (Å²) >= 11 is 5.86. The van der Waals surface area contributed by atoms with Crippen LogP contribution in [0, 0.1) is 11.7 Å². The Balaban J connectivity index is 1.64. The predicted octanol–water partition coefficient (Wildman–Crippen LogP) is 3.02. The molecule has 2 aliphatic heterocycles. The second kappa shape index (κ2) is 12.0. The van der Waals surface area contributed by atoms with Crippen molar-refractivity contribution in [1.29, 1.82) is 0 Å². The minimum Gasteiger partial charge on any atom is -0.440 e. The van der Waals surface area contributed by atoms with E-state index in [1.807, 2.05) is 13.8 Å². The molecule has 38 heavy (non-hydrogen) atoms. The second-order valence-electron chi connectivity index (χ2n) is 10.1. The number of nitrogens with zero attached hydrogens (tertiary/aromatic N) is 2. The summed E-state index contributed by atoms with van der Waals surface area (Å²) in [6.45, 7) is 4.23. The van der Waals surface area contributed by atoms with Gasteiger partial charge in [0.25, 0.3) is 11.8 Å². The SMILES string of the molecule is CC(C)[C@@H]1CN(C(=O)c2ccc(Cl)o2)CC(=O)NCCCc2ccc(F)c(c2)C(=O)N2CCC[C@H]2C(=O)N1. The monoisotopic (exact) mass is 546 g/mol. The number of carbonyl (C=O) groups excluding carboxylic acids is 4. The van der Waals surface area contributed by atoms with E-state index < -0.39 is 29.7 Å². The van der Waals surface area contributed by atoms with E-state index in [1.165, 1.54) is 34.1 Å². The summed E-state index contributed by atoms with van der Waals surface area (Å²) in [6, 6.07) is 5.98. The van der Waals surface area contributed by atoms with Gasteiger partial charge in [0.2, 0.25) is 11.8 Å². The van der Waals surface area contributed by atoms with Gasteiger partial charge in [0.1, 0.15) is 18.4 Å². The van der Waals surface area contributed by atoms with Gasteiger partial charge in [0, 0.05) is 25.7 Å². The predicted molar refractivity (Wildman–Crippen MR) is 138 cm³/mol. The van der Waals surface area contributed by atoms with Gasteiger partial charge in [-0.25, -0.2) is 4.39 Å². The normalized spacial score (nSPS) is 21.7. The maximum atomic E-state index is 14.7. The van der Waals surface area contributed by atoms with Crippen molar-refractivity contribution in [2.45, 2.75) is 51.6 Å². The summed E-state index contributed by atoms with van der Waals surface area (Å²) < 4.78 is 20.0. The number of hydrogen-bond acceptors (Lipinski definition) is 5. The summed E-state index contributed by atoms with van der Waals surface area (Å²) in [4.78, 5) is 55.5. The molecular weight excluding hydrogens is 515 g/mol. The van der Waals surface area contributed by atoms with Crippen LogP contribution in [0.5, 0.6) is 0 Å². The molecular formula is C27H32ClFN4O5. The van der Waals surface area contributed by atoms with E-state index in [2.05, 4.69) is 10.6 Å². The van der Waals surface area contributed by atoms with Gasteiger partial charge in [-0.1, -0.05) is 19.9 Å². The van der Waals surface area contributed by atoms with E-state index in [-0.39, 0.29) is 47.4 Å². The standard InChI is InChI=1S/C27H32ClFN4O5/c1-16(2)20-14-32(27(37)22-9-10-23(28)38-22)15-24(34)30-11-3-5-17-7-8-19(29)18(13-17)26(36)33-12-4-6-21(33)25(35)31-20/h7-10,13,16,20-21H,3-6,11-12,14-15H2,1-2H3,(H,30,34)(H,31,35)/t20-,21-/m0/s1. The van der Waals surface area contributed by atoms with Crippen LogP contribution < -0.4 is 10.6 Å². The van der Waals surface area contributed by atoms with Gasteiger partial charge in [-0.3, -0.25) is 19.2 Å². The highest BCUT2D eigenvalue weighted by molar-refractivity contribution is 6.29. The molecule has 0 spiro atoms. The smallest absolute Gasteiger partial charge is 0.290 e. The first kappa shape index (κ1) is 27.6. The molecule has 0 unspecified atom stereocenters. The Morgan fingerprint density at radius 1 is 1.16 bits per heavy atom. The molecule has 204 valence electrons. The van der Waals surface area contributed by atoms with Crippen molar-refractivity contribution in [3.63, 3.8) is 0 Å². The number of aryl methyl sites for hydroxylation is 1. The van der Waals surface area contributed by atoms with Crippen LogP contribution in [-0.4, -0.2) is 71.7 Å². The van der Waals surface area contributed by atoms with Crippen molar-refractivity contribution in [2.24, 2.45) is 5.92 Å². The van der Waals surface area contributed by atoms with Gasteiger partial charge in [0.15, 0.2) is 11.0 Å². The molecule has 2 bridgehead atoms. The number of amides is 4. The number of furan rings is 1. The van der Waals surface area contributed by atoms with Crippen LogP contribution in [0.2, 0.25) is 5.22 Å². The molecule has 2 N–H and O–H groups in total. The van der Waals surface area contributed by atoms with Crippen molar-refractivity contribution in [2.75, 3.05) is 26.2 Å². The minimum atomic E-state index is -0.765. The molecule has 3 heterocycles. The van der Waals surface area contributed by atoms with Crippen molar-refractivity contribution in [1.82, 2.24) is 20.4 Å². The van der Waals surface area contributed by atoms with Crippen molar-refractivity contribution >= 4 is 35.2 Å². The first-order valence-corrected chi connectivity index (χ1v) is 13.2. The lowest BCUT2D eigenvalue weighted by Crippen LogP contribution is -2.54. The fourth-order valence-corrected chi connectivity index (χ4v) is 4.97. The van der Waals surface area contributed by atoms with Crippen LogP contribution in [0.3, 0.4) is 0 Å². The first-order valence-electron chi connectivity index (χ1n) is 12.8. The molecule has 2 aromatic rings. The molecule has 9 nitrogen and oxygen atoms in total. The van der Waals surface area contributed by atoms with E-state index in [0.29, 0.717) is 38.8 Å². The fraction of sp³-hybridized carbons (Fsp3) is 0.481. The Labute approximate surface area is 225 Å². The van der Waals surface area contributed by atoms with Crippen LogP contribution >= 0.6 is 11.6 Å². The summed E-state index contributed by atoms with van der Waals surface area (Å²) in [5.41, 5.74) is 0.685.